The van der Waals surface area contributed by atoms with Crippen LogP contribution in [0.25, 0.3) is 0 Å². The standard InChI is InChI=1S/C7H14O3.C3H8O.CH4O/c1-5-6(9-2)3-4-7(8)10-5;1-2-3-4;1-2/h5-8H,3-4H2,1-2H3;4H,2-3H2,1H3;2H,1H3/t5-,6?,7?;;/m0../s1. The third-order valence-corrected chi connectivity index (χ3v) is 2.12. The van der Waals surface area contributed by atoms with Crippen LogP contribution in [0.2, 0.25) is 0 Å². The molecule has 0 saturated carbocycles. The van der Waals surface area contributed by atoms with Crippen LogP contribution in [0.4, 0.5) is 0 Å². The lowest BCUT2D eigenvalue weighted by Crippen LogP contribution is -2.37. The zero-order chi connectivity index (χ0) is 13.0. The van der Waals surface area contributed by atoms with Gasteiger partial charge in [-0.2, -0.15) is 0 Å². The predicted octanol–water partition coefficient (Wildman–Crippen LogP) is 0.516. The number of hydrogen-bond donors (Lipinski definition) is 3. The molecule has 2 unspecified atom stereocenters. The van der Waals surface area contributed by atoms with E-state index in [1.807, 2.05) is 13.8 Å². The molecule has 1 fully saturated rings. The Morgan fingerprint density at radius 1 is 1.31 bits per heavy atom. The normalized spacial score (nSPS) is 28.3. The quantitative estimate of drug-likeness (QED) is 0.653. The first kappa shape index (κ1) is 18.2. The van der Waals surface area contributed by atoms with Crippen molar-refractivity contribution >= 4 is 0 Å². The molecular formula is C11H26O5. The summed E-state index contributed by atoms with van der Waals surface area (Å²) in [5.74, 6) is 0. The van der Waals surface area contributed by atoms with E-state index in [0.29, 0.717) is 13.0 Å². The Morgan fingerprint density at radius 2 is 1.81 bits per heavy atom. The zero-order valence-corrected chi connectivity index (χ0v) is 10.7. The van der Waals surface area contributed by atoms with Gasteiger partial charge in [0.05, 0.1) is 12.2 Å². The molecule has 1 heterocycles. The molecule has 16 heavy (non-hydrogen) atoms. The summed E-state index contributed by atoms with van der Waals surface area (Å²) in [5, 5.41) is 23.9. The predicted molar refractivity (Wildman–Crippen MR) is 62.1 cm³/mol. The summed E-state index contributed by atoms with van der Waals surface area (Å²) >= 11 is 0. The Balaban J connectivity index is 0. The van der Waals surface area contributed by atoms with Crippen LogP contribution >= 0.6 is 0 Å². The van der Waals surface area contributed by atoms with E-state index in [4.69, 9.17) is 24.8 Å². The van der Waals surface area contributed by atoms with Gasteiger partial charge in [0.1, 0.15) is 0 Å². The van der Waals surface area contributed by atoms with Gasteiger partial charge in [-0.3, -0.25) is 0 Å². The molecule has 5 heteroatoms. The first-order valence-electron chi connectivity index (χ1n) is 5.57. The number of aliphatic hydroxyl groups is 3. The highest BCUT2D eigenvalue weighted by Crippen LogP contribution is 2.19. The molecule has 1 aliphatic heterocycles. The smallest absolute Gasteiger partial charge is 0.155 e. The van der Waals surface area contributed by atoms with Crippen molar-refractivity contribution in [2.45, 2.75) is 51.6 Å². The van der Waals surface area contributed by atoms with Crippen molar-refractivity contribution in [2.75, 3.05) is 20.8 Å². The van der Waals surface area contributed by atoms with Gasteiger partial charge in [-0.1, -0.05) is 6.92 Å². The summed E-state index contributed by atoms with van der Waals surface area (Å²) in [5.41, 5.74) is 0. The van der Waals surface area contributed by atoms with E-state index in [1.165, 1.54) is 0 Å². The number of rotatable bonds is 2. The fraction of sp³-hybridized carbons (Fsp3) is 1.00. The van der Waals surface area contributed by atoms with Gasteiger partial charge in [0, 0.05) is 27.2 Å². The Morgan fingerprint density at radius 3 is 2.12 bits per heavy atom. The van der Waals surface area contributed by atoms with Gasteiger partial charge in [0.15, 0.2) is 6.29 Å². The Bertz CT molecular complexity index is 130. The molecule has 1 aliphatic rings. The van der Waals surface area contributed by atoms with Crippen molar-refractivity contribution in [2.24, 2.45) is 0 Å². The first-order chi connectivity index (χ1) is 7.65. The van der Waals surface area contributed by atoms with Crippen LogP contribution in [0, 0.1) is 0 Å². The molecule has 1 saturated heterocycles. The molecule has 0 radical (unpaired) electrons. The summed E-state index contributed by atoms with van der Waals surface area (Å²) < 4.78 is 10.2. The number of methoxy groups -OCH3 is 1. The van der Waals surface area contributed by atoms with Crippen molar-refractivity contribution in [3.8, 4) is 0 Å². The highest BCUT2D eigenvalue weighted by molar-refractivity contribution is 4.71. The van der Waals surface area contributed by atoms with Crippen LogP contribution in [0.3, 0.4) is 0 Å². The zero-order valence-electron chi connectivity index (χ0n) is 10.7. The summed E-state index contributed by atoms with van der Waals surface area (Å²) in [6, 6.07) is 0. The summed E-state index contributed by atoms with van der Waals surface area (Å²) in [6.07, 6.45) is 2.04. The lowest BCUT2D eigenvalue weighted by Gasteiger charge is -2.30. The van der Waals surface area contributed by atoms with Crippen LogP contribution in [0.1, 0.15) is 33.1 Å². The van der Waals surface area contributed by atoms with Crippen LogP contribution < -0.4 is 0 Å². The molecule has 0 aromatic heterocycles. The first-order valence-corrected chi connectivity index (χ1v) is 5.57. The topological polar surface area (TPSA) is 79.2 Å². The van der Waals surface area contributed by atoms with E-state index in [0.717, 1.165) is 20.0 Å². The average molecular weight is 238 g/mol. The highest BCUT2D eigenvalue weighted by atomic mass is 16.6. The molecule has 100 valence electrons. The molecule has 3 atom stereocenters. The third kappa shape index (κ3) is 9.06. The van der Waals surface area contributed by atoms with Crippen molar-refractivity contribution in [3.63, 3.8) is 0 Å². The van der Waals surface area contributed by atoms with E-state index in [1.54, 1.807) is 7.11 Å². The number of hydrogen-bond acceptors (Lipinski definition) is 5. The van der Waals surface area contributed by atoms with Crippen molar-refractivity contribution in [1.29, 1.82) is 0 Å². The Hall–Kier alpha value is -0.200. The van der Waals surface area contributed by atoms with Gasteiger partial charge < -0.3 is 24.8 Å². The summed E-state index contributed by atoms with van der Waals surface area (Å²) in [6.45, 7) is 4.16. The minimum absolute atomic E-state index is 0.0220. The van der Waals surface area contributed by atoms with Crippen LogP contribution in [0.5, 0.6) is 0 Å². The summed E-state index contributed by atoms with van der Waals surface area (Å²) in [4.78, 5) is 0. The minimum Gasteiger partial charge on any atom is -0.400 e. The van der Waals surface area contributed by atoms with E-state index >= 15 is 0 Å². The molecule has 0 aromatic carbocycles. The van der Waals surface area contributed by atoms with Gasteiger partial charge in [0.25, 0.3) is 0 Å². The van der Waals surface area contributed by atoms with Crippen molar-refractivity contribution in [1.82, 2.24) is 0 Å². The SMILES string of the molecule is CCCO.CO.COC1CCC(O)O[C@H]1C. The maximum atomic E-state index is 9.02. The fourth-order valence-corrected chi connectivity index (χ4v) is 1.25. The highest BCUT2D eigenvalue weighted by Gasteiger charge is 2.26. The second-order valence-electron chi connectivity index (χ2n) is 3.37. The lowest BCUT2D eigenvalue weighted by molar-refractivity contribution is -0.198. The minimum atomic E-state index is -0.582. The number of ether oxygens (including phenoxy) is 2. The number of aliphatic hydroxyl groups excluding tert-OH is 3. The third-order valence-electron chi connectivity index (χ3n) is 2.12. The molecular weight excluding hydrogens is 212 g/mol. The van der Waals surface area contributed by atoms with Gasteiger partial charge in [-0.05, 0) is 19.8 Å². The molecule has 0 aliphatic carbocycles. The van der Waals surface area contributed by atoms with Gasteiger partial charge in [-0.15, -0.1) is 0 Å². The molecule has 0 amide bonds. The van der Waals surface area contributed by atoms with Crippen LogP contribution in [-0.2, 0) is 9.47 Å². The second-order valence-corrected chi connectivity index (χ2v) is 3.37. The monoisotopic (exact) mass is 238 g/mol. The van der Waals surface area contributed by atoms with E-state index in [-0.39, 0.29) is 12.2 Å². The van der Waals surface area contributed by atoms with Gasteiger partial charge in [0.2, 0.25) is 0 Å². The largest absolute Gasteiger partial charge is 0.400 e. The average Bonchev–Trinajstić information content (AvgIpc) is 2.32. The van der Waals surface area contributed by atoms with E-state index in [9.17, 15) is 0 Å². The molecule has 0 spiro atoms. The fourth-order valence-electron chi connectivity index (χ4n) is 1.25. The maximum absolute atomic E-state index is 9.02. The molecule has 5 nitrogen and oxygen atoms in total. The van der Waals surface area contributed by atoms with E-state index in [2.05, 4.69) is 0 Å². The molecule has 1 rings (SSSR count). The Kier molecular flexibility index (Phi) is 14.6. The second kappa shape index (κ2) is 12.9. The maximum Gasteiger partial charge on any atom is 0.155 e. The van der Waals surface area contributed by atoms with Crippen molar-refractivity contribution in [3.05, 3.63) is 0 Å². The van der Waals surface area contributed by atoms with E-state index < -0.39 is 6.29 Å². The summed E-state index contributed by atoms with van der Waals surface area (Å²) in [7, 11) is 2.67. The molecule has 0 bridgehead atoms. The Labute approximate surface area is 98.0 Å². The lowest BCUT2D eigenvalue weighted by atomic mass is 10.1. The van der Waals surface area contributed by atoms with Gasteiger partial charge in [-0.25, -0.2) is 0 Å². The molecule has 3 N–H and O–H groups in total. The van der Waals surface area contributed by atoms with Gasteiger partial charge >= 0.3 is 0 Å². The van der Waals surface area contributed by atoms with Crippen molar-refractivity contribution < 1.29 is 24.8 Å². The van der Waals surface area contributed by atoms with Crippen LogP contribution in [0.15, 0.2) is 0 Å². The molecule has 0 aromatic rings. The van der Waals surface area contributed by atoms with Crippen LogP contribution in [-0.4, -0.2) is 54.6 Å².